The molecule has 2 nitrogen and oxygen atoms in total. The zero-order chi connectivity index (χ0) is 26.9. The predicted molar refractivity (Wildman–Crippen MR) is 150 cm³/mol. The Bertz CT molecular complexity index is 1820. The number of para-hydroxylation sites is 2. The number of hydrogen-bond donors (Lipinski definition) is 1. The van der Waals surface area contributed by atoms with Crippen LogP contribution in [0.2, 0.25) is 0 Å². The maximum absolute atomic E-state index is 13.5. The number of H-pyrrole nitrogens is 1. The van der Waals surface area contributed by atoms with Crippen molar-refractivity contribution >= 4 is 21.8 Å². The van der Waals surface area contributed by atoms with Crippen LogP contribution in [-0.4, -0.2) is 9.55 Å². The van der Waals surface area contributed by atoms with E-state index in [0.29, 0.717) is 0 Å². The first-order valence-corrected chi connectivity index (χ1v) is 13.2. The summed E-state index contributed by atoms with van der Waals surface area (Å²) < 4.78 is 43.0. The van der Waals surface area contributed by atoms with E-state index >= 15 is 0 Å². The zero-order valence-corrected chi connectivity index (χ0v) is 21.6. The van der Waals surface area contributed by atoms with Crippen molar-refractivity contribution in [2.24, 2.45) is 0 Å². The Kier molecular flexibility index (Phi) is 5.28. The minimum absolute atomic E-state index is 0.0204. The van der Waals surface area contributed by atoms with Crippen molar-refractivity contribution < 1.29 is 13.2 Å². The van der Waals surface area contributed by atoms with Crippen molar-refractivity contribution in [3.05, 3.63) is 142 Å². The van der Waals surface area contributed by atoms with E-state index in [1.165, 1.54) is 34.0 Å². The van der Waals surface area contributed by atoms with Gasteiger partial charge in [-0.2, -0.15) is 13.2 Å². The molecule has 39 heavy (non-hydrogen) atoms. The molecule has 3 atom stereocenters. The van der Waals surface area contributed by atoms with E-state index in [-0.39, 0.29) is 17.9 Å². The number of aromatic nitrogens is 2. The maximum atomic E-state index is 13.5. The van der Waals surface area contributed by atoms with Gasteiger partial charge in [-0.15, -0.1) is 0 Å². The third kappa shape index (κ3) is 3.56. The van der Waals surface area contributed by atoms with E-state index < -0.39 is 11.7 Å². The van der Waals surface area contributed by atoms with Gasteiger partial charge in [0.2, 0.25) is 0 Å². The number of alkyl halides is 3. The third-order valence-electron chi connectivity index (χ3n) is 8.57. The van der Waals surface area contributed by atoms with Crippen molar-refractivity contribution in [3.63, 3.8) is 0 Å². The largest absolute Gasteiger partial charge is 0.416 e. The van der Waals surface area contributed by atoms with Crippen LogP contribution in [0.25, 0.3) is 21.8 Å². The summed E-state index contributed by atoms with van der Waals surface area (Å²) in [6, 6.07) is 32.9. The summed E-state index contributed by atoms with van der Waals surface area (Å²) in [7, 11) is 0. The molecule has 0 bridgehead atoms. The maximum Gasteiger partial charge on any atom is 0.416 e. The number of nitrogens with one attached hydrogen (secondary N) is 1. The van der Waals surface area contributed by atoms with Crippen LogP contribution in [0.1, 0.15) is 57.1 Å². The van der Waals surface area contributed by atoms with Crippen molar-refractivity contribution in [1.82, 2.24) is 9.55 Å². The Morgan fingerprint density at radius 1 is 0.667 bits per heavy atom. The molecule has 1 aliphatic heterocycles. The van der Waals surface area contributed by atoms with Crippen molar-refractivity contribution in [2.45, 2.75) is 37.9 Å². The van der Waals surface area contributed by atoms with E-state index in [9.17, 15) is 13.2 Å². The molecule has 6 aromatic rings. The van der Waals surface area contributed by atoms with Crippen molar-refractivity contribution in [3.8, 4) is 0 Å². The fourth-order valence-electron chi connectivity index (χ4n) is 6.85. The van der Waals surface area contributed by atoms with Gasteiger partial charge in [-0.1, -0.05) is 78.9 Å². The van der Waals surface area contributed by atoms with Gasteiger partial charge in [-0.3, -0.25) is 0 Å². The van der Waals surface area contributed by atoms with E-state index in [4.69, 9.17) is 0 Å². The average Bonchev–Trinajstić information content (AvgIpc) is 3.57. The minimum Gasteiger partial charge on any atom is -0.356 e. The van der Waals surface area contributed by atoms with Gasteiger partial charge in [0.15, 0.2) is 0 Å². The van der Waals surface area contributed by atoms with Gasteiger partial charge >= 0.3 is 6.18 Å². The van der Waals surface area contributed by atoms with Crippen LogP contribution < -0.4 is 0 Å². The first-order chi connectivity index (χ1) is 18.8. The topological polar surface area (TPSA) is 20.7 Å². The van der Waals surface area contributed by atoms with Crippen LogP contribution >= 0.6 is 0 Å². The number of halogens is 3. The fourth-order valence-corrected chi connectivity index (χ4v) is 6.85. The van der Waals surface area contributed by atoms with Crippen LogP contribution in [0.3, 0.4) is 0 Å². The van der Waals surface area contributed by atoms with E-state index in [2.05, 4.69) is 78.0 Å². The average molecular weight is 521 g/mol. The third-order valence-corrected chi connectivity index (χ3v) is 8.57. The number of benzene rings is 4. The molecule has 0 fully saturated rings. The molecule has 5 heteroatoms. The summed E-state index contributed by atoms with van der Waals surface area (Å²) in [5, 5.41) is 2.36. The molecule has 0 saturated carbocycles. The first-order valence-electron chi connectivity index (χ1n) is 13.2. The molecule has 2 aromatic heterocycles. The van der Waals surface area contributed by atoms with Crippen LogP contribution in [0.15, 0.2) is 103 Å². The van der Waals surface area contributed by atoms with Gasteiger partial charge in [-0.05, 0) is 60.4 Å². The quantitative estimate of drug-likeness (QED) is 0.240. The van der Waals surface area contributed by atoms with Crippen LogP contribution in [0, 0.1) is 13.8 Å². The Balaban J connectivity index is 1.55. The molecular weight excluding hydrogens is 493 g/mol. The summed E-state index contributed by atoms with van der Waals surface area (Å²) >= 11 is 0. The minimum atomic E-state index is -4.37. The standard InChI is InChI=1S/C34H27F3N2/c1-20-25-12-6-8-14-27(25)38-31(20)33-30(22-10-4-3-5-11-22)29(23-16-18-24(19-17-23)34(35,36)37)32-21(2)26-13-7-9-15-28(26)39(32)33/h3-19,29-30,33,38H,1-2H3/t29-,30-,33-/m1/s1. The summed E-state index contributed by atoms with van der Waals surface area (Å²) in [6.07, 6.45) is -4.37. The lowest BCUT2D eigenvalue weighted by Crippen LogP contribution is -2.17. The highest BCUT2D eigenvalue weighted by atomic mass is 19.4. The molecule has 4 aromatic carbocycles. The van der Waals surface area contributed by atoms with Gasteiger partial charge in [0.05, 0.1) is 11.6 Å². The summed E-state index contributed by atoms with van der Waals surface area (Å²) in [4.78, 5) is 3.75. The number of nitrogens with zero attached hydrogens (tertiary/aromatic N) is 1. The normalized spacial score (nSPS) is 19.2. The second-order valence-electron chi connectivity index (χ2n) is 10.6. The number of fused-ring (bicyclic) bond motifs is 4. The smallest absolute Gasteiger partial charge is 0.356 e. The first kappa shape index (κ1) is 23.8. The second-order valence-corrected chi connectivity index (χ2v) is 10.6. The lowest BCUT2D eigenvalue weighted by Gasteiger charge is -2.27. The Morgan fingerprint density at radius 2 is 1.31 bits per heavy atom. The number of rotatable bonds is 3. The molecule has 1 aliphatic rings. The van der Waals surface area contributed by atoms with Crippen molar-refractivity contribution in [1.29, 1.82) is 0 Å². The number of aromatic amines is 1. The molecule has 194 valence electrons. The van der Waals surface area contributed by atoms with E-state index in [1.807, 2.05) is 24.3 Å². The van der Waals surface area contributed by atoms with Crippen LogP contribution in [0.5, 0.6) is 0 Å². The van der Waals surface area contributed by atoms with Crippen molar-refractivity contribution in [2.75, 3.05) is 0 Å². The van der Waals surface area contributed by atoms with Gasteiger partial charge in [0, 0.05) is 45.0 Å². The second kappa shape index (κ2) is 8.63. The molecule has 1 N–H and O–H groups in total. The monoisotopic (exact) mass is 520 g/mol. The van der Waals surface area contributed by atoms with Crippen LogP contribution in [-0.2, 0) is 6.18 Å². The molecule has 0 spiro atoms. The number of aryl methyl sites for hydroxylation is 2. The molecule has 0 amide bonds. The van der Waals surface area contributed by atoms with Gasteiger partial charge in [-0.25, -0.2) is 0 Å². The Labute approximate surface area is 224 Å². The zero-order valence-electron chi connectivity index (χ0n) is 21.6. The highest BCUT2D eigenvalue weighted by Crippen LogP contribution is 2.57. The van der Waals surface area contributed by atoms with Gasteiger partial charge < -0.3 is 9.55 Å². The summed E-state index contributed by atoms with van der Waals surface area (Å²) in [6.45, 7) is 4.31. The molecule has 3 heterocycles. The molecule has 7 rings (SSSR count). The predicted octanol–water partition coefficient (Wildman–Crippen LogP) is 9.28. The lowest BCUT2D eigenvalue weighted by molar-refractivity contribution is -0.137. The molecule has 0 aliphatic carbocycles. The molecule has 0 saturated heterocycles. The lowest BCUT2D eigenvalue weighted by atomic mass is 9.76. The Hall–Kier alpha value is -4.25. The summed E-state index contributed by atoms with van der Waals surface area (Å²) in [5.41, 5.74) is 8.33. The highest BCUT2D eigenvalue weighted by Gasteiger charge is 2.46. The number of hydrogen-bond acceptors (Lipinski definition) is 0. The van der Waals surface area contributed by atoms with Gasteiger partial charge in [0.1, 0.15) is 0 Å². The van der Waals surface area contributed by atoms with E-state index in [0.717, 1.165) is 33.5 Å². The van der Waals surface area contributed by atoms with Crippen LogP contribution in [0.4, 0.5) is 13.2 Å². The molecule has 0 unspecified atom stereocenters. The molecular formula is C34H27F3N2. The van der Waals surface area contributed by atoms with E-state index in [1.54, 1.807) is 12.1 Å². The highest BCUT2D eigenvalue weighted by molar-refractivity contribution is 5.88. The fraction of sp³-hybridized carbons (Fsp3) is 0.176. The van der Waals surface area contributed by atoms with Gasteiger partial charge in [0.25, 0.3) is 0 Å². The Morgan fingerprint density at radius 3 is 2.00 bits per heavy atom. The summed E-state index contributed by atoms with van der Waals surface area (Å²) in [5.74, 6) is -0.147. The SMILES string of the molecule is Cc1c([C@H]2[C@H](c3ccccc3)[C@@H](c3ccc(C(F)(F)F)cc3)c3c(C)c4ccccc4n32)[nH]c2ccccc12. The molecule has 0 radical (unpaired) electrons.